The van der Waals surface area contributed by atoms with Crippen LogP contribution in [0.5, 0.6) is 0 Å². The molecule has 14 heavy (non-hydrogen) atoms. The highest BCUT2D eigenvalue weighted by Gasteiger charge is 2.27. The quantitative estimate of drug-likeness (QED) is 0.451. The number of methoxy groups -OCH3 is 1. The largest absolute Gasteiger partial charge is 0.462 e. The van der Waals surface area contributed by atoms with E-state index in [1.807, 2.05) is 0 Å². The number of nitrogens with two attached hydrogens (primary N) is 1. The van der Waals surface area contributed by atoms with E-state index in [-0.39, 0.29) is 0 Å². The Bertz CT molecular complexity index is 230. The van der Waals surface area contributed by atoms with E-state index in [2.05, 4.69) is 4.74 Å². The summed E-state index contributed by atoms with van der Waals surface area (Å²) in [5, 5.41) is 0. The molecular weight excluding hydrogens is 184 g/mol. The number of likely N-dealkylation sites (tertiary alicyclic amines) is 1. The monoisotopic (exact) mass is 200 g/mol. The number of rotatable bonds is 1. The zero-order valence-corrected chi connectivity index (χ0v) is 8.36. The number of carbonyl (C=O) groups excluding carboxylic acids is 2. The molecule has 0 aromatic carbocycles. The van der Waals surface area contributed by atoms with Gasteiger partial charge in [0.15, 0.2) is 0 Å². The standard InChI is InChI=1S/C9H16N2O3/c1-14-9(13)8(12)11-4-2-3-7(5-10)6-11/h7H,2-6,10H2,1H3. The molecule has 0 radical (unpaired) electrons. The number of ether oxygens (including phenoxy) is 1. The van der Waals surface area contributed by atoms with E-state index in [0.717, 1.165) is 12.8 Å². The van der Waals surface area contributed by atoms with Crippen molar-refractivity contribution in [3.63, 3.8) is 0 Å². The first-order valence-corrected chi connectivity index (χ1v) is 4.76. The Labute approximate surface area is 83.2 Å². The molecular formula is C9H16N2O3. The summed E-state index contributed by atoms with van der Waals surface area (Å²) in [5.74, 6) is -1.02. The number of esters is 1. The third kappa shape index (κ3) is 2.45. The Morgan fingerprint density at radius 1 is 1.57 bits per heavy atom. The predicted molar refractivity (Wildman–Crippen MR) is 50.4 cm³/mol. The van der Waals surface area contributed by atoms with Crippen molar-refractivity contribution in [2.45, 2.75) is 12.8 Å². The number of hydrogen-bond acceptors (Lipinski definition) is 4. The van der Waals surface area contributed by atoms with Crippen LogP contribution in [0.3, 0.4) is 0 Å². The van der Waals surface area contributed by atoms with Gasteiger partial charge in [-0.25, -0.2) is 4.79 Å². The first-order chi connectivity index (χ1) is 6.69. The Kier molecular flexibility index (Phi) is 3.88. The molecule has 1 amide bonds. The molecule has 1 aliphatic heterocycles. The first kappa shape index (κ1) is 11.0. The third-order valence-electron chi connectivity index (χ3n) is 2.50. The van der Waals surface area contributed by atoms with Gasteiger partial charge >= 0.3 is 11.9 Å². The third-order valence-corrected chi connectivity index (χ3v) is 2.50. The average Bonchev–Trinajstić information content (AvgIpc) is 2.27. The van der Waals surface area contributed by atoms with Crippen LogP contribution in [0.1, 0.15) is 12.8 Å². The van der Waals surface area contributed by atoms with Crippen LogP contribution >= 0.6 is 0 Å². The van der Waals surface area contributed by atoms with Crippen LogP contribution < -0.4 is 5.73 Å². The summed E-state index contributed by atoms with van der Waals surface area (Å²) in [7, 11) is 1.21. The summed E-state index contributed by atoms with van der Waals surface area (Å²) in [4.78, 5) is 23.9. The first-order valence-electron chi connectivity index (χ1n) is 4.76. The lowest BCUT2D eigenvalue weighted by Gasteiger charge is -2.31. The number of hydrogen-bond donors (Lipinski definition) is 1. The molecule has 0 aromatic heterocycles. The lowest BCUT2D eigenvalue weighted by Crippen LogP contribution is -2.45. The van der Waals surface area contributed by atoms with Gasteiger partial charge in [0.1, 0.15) is 0 Å². The van der Waals surface area contributed by atoms with Crippen LogP contribution in [0.15, 0.2) is 0 Å². The maximum Gasteiger partial charge on any atom is 0.396 e. The van der Waals surface area contributed by atoms with E-state index in [1.54, 1.807) is 0 Å². The van der Waals surface area contributed by atoms with Gasteiger partial charge in [0.2, 0.25) is 0 Å². The van der Waals surface area contributed by atoms with Crippen molar-refractivity contribution in [2.75, 3.05) is 26.7 Å². The molecule has 0 spiro atoms. The molecule has 1 unspecified atom stereocenters. The van der Waals surface area contributed by atoms with Crippen molar-refractivity contribution in [1.82, 2.24) is 4.90 Å². The molecule has 2 N–H and O–H groups in total. The normalized spacial score (nSPS) is 21.9. The van der Waals surface area contributed by atoms with E-state index < -0.39 is 11.9 Å². The molecule has 1 aliphatic rings. The molecule has 1 fully saturated rings. The molecule has 1 rings (SSSR count). The molecule has 0 bridgehead atoms. The topological polar surface area (TPSA) is 72.6 Å². The molecule has 1 saturated heterocycles. The molecule has 80 valence electrons. The average molecular weight is 200 g/mol. The summed E-state index contributed by atoms with van der Waals surface area (Å²) >= 11 is 0. The van der Waals surface area contributed by atoms with E-state index >= 15 is 0 Å². The Morgan fingerprint density at radius 2 is 2.29 bits per heavy atom. The van der Waals surface area contributed by atoms with Crippen LogP contribution in [0, 0.1) is 5.92 Å². The molecule has 0 aromatic rings. The van der Waals surface area contributed by atoms with Crippen LogP contribution in [0.25, 0.3) is 0 Å². The second-order valence-corrected chi connectivity index (χ2v) is 3.49. The fourth-order valence-electron chi connectivity index (χ4n) is 1.66. The van der Waals surface area contributed by atoms with Gasteiger partial charge in [0, 0.05) is 13.1 Å². The van der Waals surface area contributed by atoms with Gasteiger partial charge in [0.05, 0.1) is 7.11 Å². The maximum absolute atomic E-state index is 11.4. The van der Waals surface area contributed by atoms with Gasteiger partial charge in [-0.1, -0.05) is 0 Å². The number of amides is 1. The van der Waals surface area contributed by atoms with Crippen LogP contribution in [-0.4, -0.2) is 43.5 Å². The summed E-state index contributed by atoms with van der Waals surface area (Å²) in [6.07, 6.45) is 1.94. The minimum atomic E-state index is -0.789. The fourth-order valence-corrected chi connectivity index (χ4v) is 1.66. The maximum atomic E-state index is 11.4. The Morgan fingerprint density at radius 3 is 2.86 bits per heavy atom. The van der Waals surface area contributed by atoms with Crippen LogP contribution in [-0.2, 0) is 14.3 Å². The zero-order valence-electron chi connectivity index (χ0n) is 8.36. The molecule has 1 atom stereocenters. The van der Waals surface area contributed by atoms with Gasteiger partial charge in [-0.3, -0.25) is 4.79 Å². The smallest absolute Gasteiger partial charge is 0.396 e. The van der Waals surface area contributed by atoms with Crippen molar-refractivity contribution < 1.29 is 14.3 Å². The molecule has 5 nitrogen and oxygen atoms in total. The second-order valence-electron chi connectivity index (χ2n) is 3.49. The summed E-state index contributed by atoms with van der Waals surface area (Å²) in [6.45, 7) is 1.76. The molecule has 1 heterocycles. The highest BCUT2D eigenvalue weighted by molar-refractivity contribution is 6.32. The zero-order chi connectivity index (χ0) is 10.6. The van der Waals surface area contributed by atoms with Crippen molar-refractivity contribution in [3.8, 4) is 0 Å². The van der Waals surface area contributed by atoms with Crippen molar-refractivity contribution in [3.05, 3.63) is 0 Å². The SMILES string of the molecule is COC(=O)C(=O)N1CCCC(CN)C1. The molecule has 5 heteroatoms. The number of nitrogens with zero attached hydrogens (tertiary/aromatic N) is 1. The predicted octanol–water partition coefficient (Wildman–Crippen LogP) is -0.643. The second kappa shape index (κ2) is 4.95. The van der Waals surface area contributed by atoms with E-state index in [1.165, 1.54) is 12.0 Å². The van der Waals surface area contributed by atoms with Gasteiger partial charge < -0.3 is 15.4 Å². The van der Waals surface area contributed by atoms with Crippen LogP contribution in [0.2, 0.25) is 0 Å². The van der Waals surface area contributed by atoms with Crippen LogP contribution in [0.4, 0.5) is 0 Å². The van der Waals surface area contributed by atoms with Gasteiger partial charge in [-0.15, -0.1) is 0 Å². The Hall–Kier alpha value is -1.10. The summed E-state index contributed by atoms with van der Waals surface area (Å²) in [5.41, 5.74) is 5.52. The summed E-state index contributed by atoms with van der Waals surface area (Å²) in [6, 6.07) is 0. The highest BCUT2D eigenvalue weighted by Crippen LogP contribution is 2.15. The minimum Gasteiger partial charge on any atom is -0.462 e. The van der Waals surface area contributed by atoms with E-state index in [9.17, 15) is 9.59 Å². The number of carbonyl (C=O) groups is 2. The fraction of sp³-hybridized carbons (Fsp3) is 0.778. The van der Waals surface area contributed by atoms with Gasteiger partial charge in [-0.2, -0.15) is 0 Å². The summed E-state index contributed by atoms with van der Waals surface area (Å²) < 4.78 is 4.37. The minimum absolute atomic E-state index is 0.317. The van der Waals surface area contributed by atoms with E-state index in [0.29, 0.717) is 25.6 Å². The number of piperidine rings is 1. The Balaban J connectivity index is 2.51. The lowest BCUT2D eigenvalue weighted by atomic mass is 9.98. The van der Waals surface area contributed by atoms with E-state index in [4.69, 9.17) is 5.73 Å². The highest BCUT2D eigenvalue weighted by atomic mass is 16.5. The molecule has 0 aliphatic carbocycles. The van der Waals surface area contributed by atoms with Gasteiger partial charge in [0.25, 0.3) is 0 Å². The van der Waals surface area contributed by atoms with Crippen molar-refractivity contribution in [1.29, 1.82) is 0 Å². The lowest BCUT2D eigenvalue weighted by molar-refractivity contribution is -0.159. The van der Waals surface area contributed by atoms with Crippen molar-refractivity contribution >= 4 is 11.9 Å². The van der Waals surface area contributed by atoms with Gasteiger partial charge in [-0.05, 0) is 25.3 Å². The molecule has 0 saturated carbocycles. The van der Waals surface area contributed by atoms with Crippen molar-refractivity contribution in [2.24, 2.45) is 11.7 Å².